The predicted octanol–water partition coefficient (Wildman–Crippen LogP) is -0.612. The second-order valence-corrected chi connectivity index (χ2v) is 3.99. The van der Waals surface area contributed by atoms with Gasteiger partial charge in [0.05, 0.1) is 5.92 Å². The Kier molecular flexibility index (Phi) is 3.69. The fourth-order valence-corrected chi connectivity index (χ4v) is 1.75. The summed E-state index contributed by atoms with van der Waals surface area (Å²) >= 11 is 0. The van der Waals surface area contributed by atoms with Crippen LogP contribution < -0.4 is 11.5 Å². The monoisotopic (exact) mass is 185 g/mol. The standard InChI is InChI=1S/C9H19N3O/c1-7(4-10)5-12-3-2-8(6-12)9(11)13/h7-8H,2-6,10H2,1H3,(H2,11,13). The van der Waals surface area contributed by atoms with Crippen LogP contribution in [0, 0.1) is 11.8 Å². The molecule has 0 spiro atoms. The molecule has 1 fully saturated rings. The average Bonchev–Trinajstić information content (AvgIpc) is 2.52. The van der Waals surface area contributed by atoms with E-state index >= 15 is 0 Å². The molecule has 2 atom stereocenters. The number of hydrogen-bond donors (Lipinski definition) is 2. The van der Waals surface area contributed by atoms with Gasteiger partial charge in [-0.25, -0.2) is 0 Å². The summed E-state index contributed by atoms with van der Waals surface area (Å²) in [6.45, 7) is 5.62. The third-order valence-electron chi connectivity index (χ3n) is 2.65. The molecule has 0 aromatic rings. The van der Waals surface area contributed by atoms with Gasteiger partial charge in [-0.3, -0.25) is 4.79 Å². The molecular formula is C9H19N3O. The molecule has 4 heteroatoms. The van der Waals surface area contributed by atoms with Crippen LogP contribution in [0.2, 0.25) is 0 Å². The molecule has 2 unspecified atom stereocenters. The molecule has 13 heavy (non-hydrogen) atoms. The van der Waals surface area contributed by atoms with Gasteiger partial charge in [-0.1, -0.05) is 6.92 Å². The fourth-order valence-electron chi connectivity index (χ4n) is 1.75. The molecule has 1 saturated heterocycles. The normalized spacial score (nSPS) is 26.2. The van der Waals surface area contributed by atoms with Crippen molar-refractivity contribution < 1.29 is 4.79 Å². The van der Waals surface area contributed by atoms with Crippen molar-refractivity contribution >= 4 is 5.91 Å². The number of nitrogens with zero attached hydrogens (tertiary/aromatic N) is 1. The number of nitrogens with two attached hydrogens (primary N) is 2. The van der Waals surface area contributed by atoms with Crippen LogP contribution in [0.15, 0.2) is 0 Å². The number of primary amides is 1. The smallest absolute Gasteiger partial charge is 0.221 e. The summed E-state index contributed by atoms with van der Waals surface area (Å²) in [6.07, 6.45) is 0.909. The fraction of sp³-hybridized carbons (Fsp3) is 0.889. The second-order valence-electron chi connectivity index (χ2n) is 3.99. The van der Waals surface area contributed by atoms with E-state index in [0.29, 0.717) is 12.5 Å². The van der Waals surface area contributed by atoms with Crippen LogP contribution in [0.3, 0.4) is 0 Å². The maximum atomic E-state index is 10.9. The Morgan fingerprint density at radius 3 is 2.85 bits per heavy atom. The molecule has 1 aliphatic heterocycles. The summed E-state index contributed by atoms with van der Waals surface area (Å²) in [6, 6.07) is 0. The summed E-state index contributed by atoms with van der Waals surface area (Å²) in [4.78, 5) is 13.1. The lowest BCUT2D eigenvalue weighted by Gasteiger charge is -2.19. The quantitative estimate of drug-likeness (QED) is 0.613. The Morgan fingerprint density at radius 1 is 1.69 bits per heavy atom. The summed E-state index contributed by atoms with van der Waals surface area (Å²) in [5, 5.41) is 0. The number of rotatable bonds is 4. The lowest BCUT2D eigenvalue weighted by atomic mass is 10.1. The van der Waals surface area contributed by atoms with Crippen molar-refractivity contribution in [3.8, 4) is 0 Å². The molecule has 0 bridgehead atoms. The first-order valence-corrected chi connectivity index (χ1v) is 4.85. The van der Waals surface area contributed by atoms with Gasteiger partial charge in [0.1, 0.15) is 0 Å². The van der Waals surface area contributed by atoms with Crippen LogP contribution in [-0.2, 0) is 4.79 Å². The first-order valence-electron chi connectivity index (χ1n) is 4.85. The Balaban J connectivity index is 2.29. The van der Waals surface area contributed by atoms with Gasteiger partial charge in [0.15, 0.2) is 0 Å². The SMILES string of the molecule is CC(CN)CN1CCC(C(N)=O)C1. The van der Waals surface area contributed by atoms with Crippen molar-refractivity contribution in [2.75, 3.05) is 26.2 Å². The molecular weight excluding hydrogens is 166 g/mol. The van der Waals surface area contributed by atoms with Crippen LogP contribution in [0.5, 0.6) is 0 Å². The highest BCUT2D eigenvalue weighted by Crippen LogP contribution is 2.16. The van der Waals surface area contributed by atoms with Crippen molar-refractivity contribution in [2.24, 2.45) is 23.3 Å². The largest absolute Gasteiger partial charge is 0.369 e. The minimum atomic E-state index is -0.164. The molecule has 0 aliphatic carbocycles. The zero-order chi connectivity index (χ0) is 9.84. The Hall–Kier alpha value is -0.610. The molecule has 1 heterocycles. The first-order chi connectivity index (χ1) is 6.13. The molecule has 0 saturated carbocycles. The highest BCUT2D eigenvalue weighted by Gasteiger charge is 2.26. The highest BCUT2D eigenvalue weighted by molar-refractivity contribution is 5.77. The van der Waals surface area contributed by atoms with Gasteiger partial charge in [0, 0.05) is 13.1 Å². The highest BCUT2D eigenvalue weighted by atomic mass is 16.1. The maximum absolute atomic E-state index is 10.9. The molecule has 1 amide bonds. The Morgan fingerprint density at radius 2 is 2.38 bits per heavy atom. The zero-order valence-corrected chi connectivity index (χ0v) is 8.20. The summed E-state index contributed by atoms with van der Waals surface area (Å²) < 4.78 is 0. The van der Waals surface area contributed by atoms with Crippen LogP contribution in [0.1, 0.15) is 13.3 Å². The van der Waals surface area contributed by atoms with Gasteiger partial charge in [-0.15, -0.1) is 0 Å². The van der Waals surface area contributed by atoms with Gasteiger partial charge >= 0.3 is 0 Å². The third kappa shape index (κ3) is 2.97. The van der Waals surface area contributed by atoms with E-state index in [-0.39, 0.29) is 11.8 Å². The van der Waals surface area contributed by atoms with Crippen molar-refractivity contribution in [3.05, 3.63) is 0 Å². The molecule has 0 aromatic carbocycles. The molecule has 0 aromatic heterocycles. The van der Waals surface area contributed by atoms with Crippen molar-refractivity contribution in [2.45, 2.75) is 13.3 Å². The molecule has 4 nitrogen and oxygen atoms in total. The van der Waals surface area contributed by atoms with E-state index < -0.39 is 0 Å². The minimum Gasteiger partial charge on any atom is -0.369 e. The van der Waals surface area contributed by atoms with E-state index in [1.165, 1.54) is 0 Å². The van der Waals surface area contributed by atoms with Gasteiger partial charge in [-0.2, -0.15) is 0 Å². The predicted molar refractivity (Wildman–Crippen MR) is 52.0 cm³/mol. The number of likely N-dealkylation sites (tertiary alicyclic amines) is 1. The van der Waals surface area contributed by atoms with E-state index in [9.17, 15) is 4.79 Å². The van der Waals surface area contributed by atoms with E-state index in [2.05, 4.69) is 11.8 Å². The van der Waals surface area contributed by atoms with Gasteiger partial charge in [0.25, 0.3) is 0 Å². The summed E-state index contributed by atoms with van der Waals surface area (Å²) in [5.74, 6) is 0.402. The van der Waals surface area contributed by atoms with Crippen molar-refractivity contribution in [3.63, 3.8) is 0 Å². The van der Waals surface area contributed by atoms with Crippen molar-refractivity contribution in [1.29, 1.82) is 0 Å². The molecule has 1 aliphatic rings. The average molecular weight is 185 g/mol. The summed E-state index contributed by atoms with van der Waals surface area (Å²) in [7, 11) is 0. The molecule has 76 valence electrons. The third-order valence-corrected chi connectivity index (χ3v) is 2.65. The molecule has 0 radical (unpaired) electrons. The minimum absolute atomic E-state index is 0.0602. The summed E-state index contributed by atoms with van der Waals surface area (Å²) in [5.41, 5.74) is 10.8. The lowest BCUT2D eigenvalue weighted by Crippen LogP contribution is -2.32. The molecule has 4 N–H and O–H groups in total. The van der Waals surface area contributed by atoms with Crippen molar-refractivity contribution in [1.82, 2.24) is 4.90 Å². The van der Waals surface area contributed by atoms with Crippen LogP contribution >= 0.6 is 0 Å². The van der Waals surface area contributed by atoms with Gasteiger partial charge in [-0.05, 0) is 25.4 Å². The van der Waals surface area contributed by atoms with Crippen LogP contribution in [-0.4, -0.2) is 37.0 Å². The molecule has 1 rings (SSSR count). The Labute approximate surface area is 79.3 Å². The van der Waals surface area contributed by atoms with Gasteiger partial charge < -0.3 is 16.4 Å². The van der Waals surface area contributed by atoms with Crippen LogP contribution in [0.25, 0.3) is 0 Å². The topological polar surface area (TPSA) is 72.3 Å². The lowest BCUT2D eigenvalue weighted by molar-refractivity contribution is -0.121. The Bertz CT molecular complexity index is 184. The maximum Gasteiger partial charge on any atom is 0.221 e. The second kappa shape index (κ2) is 4.58. The van der Waals surface area contributed by atoms with Gasteiger partial charge in [0.2, 0.25) is 5.91 Å². The number of amides is 1. The first kappa shape index (κ1) is 10.5. The van der Waals surface area contributed by atoms with E-state index in [1.807, 2.05) is 0 Å². The number of hydrogen-bond acceptors (Lipinski definition) is 3. The van der Waals surface area contributed by atoms with E-state index in [4.69, 9.17) is 11.5 Å². The van der Waals surface area contributed by atoms with E-state index in [1.54, 1.807) is 0 Å². The number of carbonyl (C=O) groups excluding carboxylic acids is 1. The van der Waals surface area contributed by atoms with Crippen LogP contribution in [0.4, 0.5) is 0 Å². The number of carbonyl (C=O) groups is 1. The zero-order valence-electron chi connectivity index (χ0n) is 8.20. The van der Waals surface area contributed by atoms with E-state index in [0.717, 1.165) is 26.1 Å².